The summed E-state index contributed by atoms with van der Waals surface area (Å²) in [5.41, 5.74) is 7.26. The minimum atomic E-state index is -0.890. The fourth-order valence-corrected chi connectivity index (χ4v) is 1.48. The molecule has 4 nitrogen and oxygen atoms in total. The molecule has 1 rings (SSSR count). The van der Waals surface area contributed by atoms with Gasteiger partial charge in [-0.15, -0.1) is 0 Å². The Bertz CT molecular complexity index is 398. The normalized spacial score (nSPS) is 11.9. The third-order valence-electron chi connectivity index (χ3n) is 2.59. The Hall–Kier alpha value is -1.68. The summed E-state index contributed by atoms with van der Waals surface area (Å²) in [6, 6.07) is 6.42. The number of ketones is 1. The maximum Gasteiger partial charge on any atom is 0.323 e. The highest BCUT2D eigenvalue weighted by atomic mass is 16.5. The van der Waals surface area contributed by atoms with E-state index in [1.54, 1.807) is 12.1 Å². The molecule has 0 aliphatic heterocycles. The minimum absolute atomic E-state index is 0.0296. The van der Waals surface area contributed by atoms with Crippen LogP contribution >= 0.6 is 0 Å². The predicted molar refractivity (Wildman–Crippen MR) is 64.8 cm³/mol. The average Bonchev–Trinajstić information content (AvgIpc) is 2.37. The molecule has 0 heterocycles. The summed E-state index contributed by atoms with van der Waals surface area (Å²) in [6.07, 6.45) is 0.897. The molecule has 2 N–H and O–H groups in total. The number of rotatable bonds is 5. The number of carbonyl (C=O) groups is 2. The van der Waals surface area contributed by atoms with Crippen LogP contribution in [0.25, 0.3) is 0 Å². The molecule has 17 heavy (non-hydrogen) atoms. The lowest BCUT2D eigenvalue weighted by molar-refractivity contribution is -0.142. The molecule has 0 saturated heterocycles. The summed E-state index contributed by atoms with van der Waals surface area (Å²) in [5.74, 6) is -0.714. The number of ether oxygens (including phenoxy) is 1. The first kappa shape index (κ1) is 13.4. The van der Waals surface area contributed by atoms with E-state index in [2.05, 4.69) is 4.74 Å². The van der Waals surface area contributed by atoms with Crippen molar-refractivity contribution in [2.45, 2.75) is 25.8 Å². The zero-order valence-electron chi connectivity index (χ0n) is 10.1. The van der Waals surface area contributed by atoms with Gasteiger partial charge in [0.25, 0.3) is 0 Å². The van der Waals surface area contributed by atoms with Gasteiger partial charge < -0.3 is 10.5 Å². The van der Waals surface area contributed by atoms with E-state index in [1.165, 1.54) is 12.7 Å². The molecule has 4 heteroatoms. The molecule has 0 saturated carbocycles. The molecule has 0 aromatic heterocycles. The van der Waals surface area contributed by atoms with Crippen molar-refractivity contribution in [3.63, 3.8) is 0 Å². The summed E-state index contributed by atoms with van der Waals surface area (Å²) >= 11 is 0. The molecule has 0 amide bonds. The monoisotopic (exact) mass is 235 g/mol. The van der Waals surface area contributed by atoms with Gasteiger partial charge in [-0.2, -0.15) is 0 Å². The number of nitrogens with two attached hydrogens (primary N) is 1. The van der Waals surface area contributed by atoms with Crippen molar-refractivity contribution in [1.29, 1.82) is 0 Å². The lowest BCUT2D eigenvalue weighted by atomic mass is 10.0. The number of hydrogen-bond acceptors (Lipinski definition) is 4. The number of methoxy groups -OCH3 is 1. The molecule has 92 valence electrons. The van der Waals surface area contributed by atoms with Crippen molar-refractivity contribution >= 4 is 11.8 Å². The summed E-state index contributed by atoms with van der Waals surface area (Å²) in [7, 11) is 1.25. The van der Waals surface area contributed by atoms with Crippen molar-refractivity contribution in [3.8, 4) is 0 Å². The van der Waals surface area contributed by atoms with Crippen molar-refractivity contribution in [2.24, 2.45) is 5.73 Å². The first-order chi connectivity index (χ1) is 8.08. The van der Waals surface area contributed by atoms with Crippen LogP contribution in [0.1, 0.15) is 29.3 Å². The second-order valence-electron chi connectivity index (χ2n) is 3.81. The molecule has 1 aromatic carbocycles. The lowest BCUT2D eigenvalue weighted by Gasteiger charge is -2.08. The first-order valence-corrected chi connectivity index (χ1v) is 5.54. The van der Waals surface area contributed by atoms with Crippen LogP contribution in [0.4, 0.5) is 0 Å². The Morgan fingerprint density at radius 2 is 1.88 bits per heavy atom. The summed E-state index contributed by atoms with van der Waals surface area (Å²) in [4.78, 5) is 22.9. The zero-order valence-corrected chi connectivity index (χ0v) is 10.1. The van der Waals surface area contributed by atoms with Gasteiger partial charge in [0.1, 0.15) is 6.04 Å². The maximum absolute atomic E-state index is 11.8. The van der Waals surface area contributed by atoms with E-state index in [1.807, 2.05) is 19.1 Å². The second kappa shape index (κ2) is 6.15. The number of benzene rings is 1. The van der Waals surface area contributed by atoms with E-state index in [4.69, 9.17) is 5.73 Å². The molecule has 0 spiro atoms. The highest BCUT2D eigenvalue weighted by molar-refractivity contribution is 5.98. The van der Waals surface area contributed by atoms with Gasteiger partial charge >= 0.3 is 5.97 Å². The van der Waals surface area contributed by atoms with Crippen molar-refractivity contribution in [2.75, 3.05) is 7.11 Å². The van der Waals surface area contributed by atoms with E-state index in [9.17, 15) is 9.59 Å². The lowest BCUT2D eigenvalue weighted by Crippen LogP contribution is -2.33. The molecule has 0 aliphatic rings. The highest BCUT2D eigenvalue weighted by Gasteiger charge is 2.18. The van der Waals surface area contributed by atoms with Gasteiger partial charge in [0.15, 0.2) is 5.78 Å². The smallest absolute Gasteiger partial charge is 0.323 e. The Balaban J connectivity index is 2.66. The van der Waals surface area contributed by atoms with E-state index in [0.717, 1.165) is 6.42 Å². The summed E-state index contributed by atoms with van der Waals surface area (Å²) in [5, 5.41) is 0. The van der Waals surface area contributed by atoms with Gasteiger partial charge in [-0.25, -0.2) is 0 Å². The molecule has 0 aliphatic carbocycles. The Labute approximate surface area is 101 Å². The predicted octanol–water partition coefficient (Wildman–Crippen LogP) is 1.32. The Kier molecular flexibility index (Phi) is 4.84. The molecule has 0 radical (unpaired) electrons. The first-order valence-electron chi connectivity index (χ1n) is 5.54. The quantitative estimate of drug-likeness (QED) is 0.617. The van der Waals surface area contributed by atoms with Crippen LogP contribution in [-0.4, -0.2) is 24.9 Å². The number of aryl methyl sites for hydroxylation is 1. The Morgan fingerprint density at radius 1 is 1.29 bits per heavy atom. The minimum Gasteiger partial charge on any atom is -0.468 e. The van der Waals surface area contributed by atoms with Crippen molar-refractivity contribution in [3.05, 3.63) is 35.4 Å². The van der Waals surface area contributed by atoms with Gasteiger partial charge in [0, 0.05) is 12.0 Å². The Morgan fingerprint density at radius 3 is 2.35 bits per heavy atom. The fourth-order valence-electron chi connectivity index (χ4n) is 1.48. The van der Waals surface area contributed by atoms with Gasteiger partial charge in [-0.05, 0) is 12.0 Å². The molecule has 1 aromatic rings. The largest absolute Gasteiger partial charge is 0.468 e. The van der Waals surface area contributed by atoms with Crippen molar-refractivity contribution in [1.82, 2.24) is 0 Å². The topological polar surface area (TPSA) is 69.4 Å². The molecule has 1 unspecified atom stereocenters. The van der Waals surface area contributed by atoms with Gasteiger partial charge in [-0.3, -0.25) is 9.59 Å². The third kappa shape index (κ3) is 3.67. The van der Waals surface area contributed by atoms with E-state index in [-0.39, 0.29) is 12.2 Å². The summed E-state index contributed by atoms with van der Waals surface area (Å²) in [6.45, 7) is 2.05. The van der Waals surface area contributed by atoms with Gasteiger partial charge in [-0.1, -0.05) is 31.2 Å². The highest BCUT2D eigenvalue weighted by Crippen LogP contribution is 2.08. The van der Waals surface area contributed by atoms with Crippen molar-refractivity contribution < 1.29 is 14.3 Å². The fraction of sp³-hybridized carbons (Fsp3) is 0.385. The van der Waals surface area contributed by atoms with Crippen LogP contribution in [0.5, 0.6) is 0 Å². The number of esters is 1. The van der Waals surface area contributed by atoms with E-state index in [0.29, 0.717) is 5.56 Å². The van der Waals surface area contributed by atoms with Crippen LogP contribution in [0.3, 0.4) is 0 Å². The van der Waals surface area contributed by atoms with E-state index >= 15 is 0 Å². The number of carbonyl (C=O) groups excluding carboxylic acids is 2. The van der Waals surface area contributed by atoms with Gasteiger partial charge in [0.2, 0.25) is 0 Å². The van der Waals surface area contributed by atoms with Gasteiger partial charge in [0.05, 0.1) is 7.11 Å². The van der Waals surface area contributed by atoms with Crippen LogP contribution in [0.2, 0.25) is 0 Å². The maximum atomic E-state index is 11.8. The van der Waals surface area contributed by atoms with E-state index < -0.39 is 12.0 Å². The van der Waals surface area contributed by atoms with Crippen LogP contribution < -0.4 is 5.73 Å². The molecular weight excluding hydrogens is 218 g/mol. The van der Waals surface area contributed by atoms with Crippen LogP contribution in [0.15, 0.2) is 24.3 Å². The third-order valence-corrected chi connectivity index (χ3v) is 2.59. The average molecular weight is 235 g/mol. The molecule has 0 fully saturated rings. The molecular formula is C13H17NO3. The number of Topliss-reactive ketones (excluding diaryl/α,β-unsaturated/α-hetero) is 1. The van der Waals surface area contributed by atoms with Crippen LogP contribution in [0, 0.1) is 0 Å². The zero-order chi connectivity index (χ0) is 12.8. The SMILES string of the molecule is CCc1ccc(C(=O)CC(N)C(=O)OC)cc1. The number of hydrogen-bond donors (Lipinski definition) is 1. The standard InChI is InChI=1S/C13H17NO3/c1-3-9-4-6-10(7-5-9)12(15)8-11(14)13(16)17-2/h4-7,11H,3,8,14H2,1-2H3. The molecule has 1 atom stereocenters. The van der Waals surface area contributed by atoms with Crippen LogP contribution in [-0.2, 0) is 16.0 Å². The molecule has 0 bridgehead atoms. The second-order valence-corrected chi connectivity index (χ2v) is 3.81. The summed E-state index contributed by atoms with van der Waals surface area (Å²) < 4.78 is 4.47.